The van der Waals surface area contributed by atoms with Crippen molar-refractivity contribution >= 4 is 29.0 Å². The van der Waals surface area contributed by atoms with Gasteiger partial charge in [0.25, 0.3) is 11.8 Å². The smallest absolute Gasteiger partial charge is 0.282 e. The van der Waals surface area contributed by atoms with E-state index in [2.05, 4.69) is 15.3 Å². The highest BCUT2D eigenvalue weighted by Gasteiger charge is 2.45. The van der Waals surface area contributed by atoms with Crippen LogP contribution in [0.15, 0.2) is 16.6 Å². The fourth-order valence-electron chi connectivity index (χ4n) is 3.33. The lowest BCUT2D eigenvalue weighted by molar-refractivity contribution is -0.126. The van der Waals surface area contributed by atoms with E-state index in [1.165, 1.54) is 11.3 Å². The molecule has 1 spiro atoms. The molecule has 0 bridgehead atoms. The van der Waals surface area contributed by atoms with Crippen LogP contribution < -0.4 is 5.32 Å². The van der Waals surface area contributed by atoms with E-state index in [1.807, 2.05) is 0 Å². The predicted molar refractivity (Wildman–Crippen MR) is 84.5 cm³/mol. The van der Waals surface area contributed by atoms with Crippen LogP contribution in [0.2, 0.25) is 0 Å². The van der Waals surface area contributed by atoms with E-state index in [0.717, 1.165) is 12.3 Å². The van der Waals surface area contributed by atoms with Gasteiger partial charge in [-0.2, -0.15) is 0 Å². The Morgan fingerprint density at radius 1 is 1.43 bits per heavy atom. The minimum atomic E-state index is -0.603. The molecule has 122 valence electrons. The number of aliphatic imine (C=N–C) groups is 1. The highest BCUT2D eigenvalue weighted by molar-refractivity contribution is 7.11. The summed E-state index contributed by atoms with van der Waals surface area (Å²) in [5, 5.41) is 5.27. The maximum Gasteiger partial charge on any atom is 0.282 e. The molecule has 0 unspecified atom stereocenters. The first-order chi connectivity index (χ1) is 11.2. The molecule has 1 aromatic heterocycles. The van der Waals surface area contributed by atoms with Gasteiger partial charge in [0, 0.05) is 63.1 Å². The van der Waals surface area contributed by atoms with Crippen LogP contribution in [-0.2, 0) is 9.53 Å². The third-order valence-electron chi connectivity index (χ3n) is 4.69. The fraction of sp³-hybridized carbons (Fsp3) is 0.600. The molecule has 4 rings (SSSR count). The Kier molecular flexibility index (Phi) is 3.65. The van der Waals surface area contributed by atoms with Crippen LogP contribution >= 0.6 is 11.3 Å². The Morgan fingerprint density at radius 2 is 2.22 bits per heavy atom. The largest absolute Gasteiger partial charge is 0.381 e. The summed E-state index contributed by atoms with van der Waals surface area (Å²) in [5.41, 5.74) is -0.603. The van der Waals surface area contributed by atoms with E-state index in [-0.39, 0.29) is 11.8 Å². The van der Waals surface area contributed by atoms with Gasteiger partial charge in [-0.25, -0.2) is 4.98 Å². The lowest BCUT2D eigenvalue weighted by Crippen LogP contribution is -2.51. The number of thiazole rings is 1. The summed E-state index contributed by atoms with van der Waals surface area (Å²) in [6, 6.07) is 0. The lowest BCUT2D eigenvalue weighted by atomic mass is 9.91. The molecule has 1 aromatic rings. The zero-order chi connectivity index (χ0) is 15.9. The number of aromatic nitrogens is 1. The van der Waals surface area contributed by atoms with E-state index in [0.29, 0.717) is 50.1 Å². The summed E-state index contributed by atoms with van der Waals surface area (Å²) in [4.78, 5) is 34.9. The predicted octanol–water partition coefficient (Wildman–Crippen LogP) is 0.683. The van der Waals surface area contributed by atoms with Gasteiger partial charge >= 0.3 is 0 Å². The quantitative estimate of drug-likeness (QED) is 0.881. The Labute approximate surface area is 137 Å². The van der Waals surface area contributed by atoms with Crippen LogP contribution in [0.3, 0.4) is 0 Å². The Balaban J connectivity index is 1.33. The van der Waals surface area contributed by atoms with Crippen molar-refractivity contribution in [2.24, 2.45) is 10.9 Å². The third-order valence-corrected chi connectivity index (χ3v) is 5.45. The normalized spacial score (nSPS) is 23.6. The highest BCUT2D eigenvalue weighted by Crippen LogP contribution is 2.31. The molecule has 7 nitrogen and oxygen atoms in total. The molecule has 0 radical (unpaired) electrons. The molecule has 3 aliphatic heterocycles. The third kappa shape index (κ3) is 2.66. The van der Waals surface area contributed by atoms with E-state index >= 15 is 0 Å². The van der Waals surface area contributed by atoms with Gasteiger partial charge in [0.15, 0.2) is 5.01 Å². The first-order valence-corrected chi connectivity index (χ1v) is 8.71. The zero-order valence-corrected chi connectivity index (χ0v) is 13.5. The second kappa shape index (κ2) is 5.68. The molecular formula is C15H18N4O3S. The minimum absolute atomic E-state index is 0.00505. The Bertz CT molecular complexity index is 646. The summed E-state index contributed by atoms with van der Waals surface area (Å²) in [6.45, 7) is 2.57. The second-order valence-corrected chi connectivity index (χ2v) is 7.17. The molecule has 1 N–H and O–H groups in total. The van der Waals surface area contributed by atoms with Gasteiger partial charge < -0.3 is 15.0 Å². The van der Waals surface area contributed by atoms with Crippen LogP contribution in [0.1, 0.15) is 29.1 Å². The van der Waals surface area contributed by atoms with Crippen LogP contribution in [0, 0.1) is 5.92 Å². The standard InChI is InChI=1S/C15H18N4O3S/c20-13(12-16-3-6-23-12)19-8-10(9-19)7-11-17-14(21)15(18-11)1-4-22-5-2-15/h3,6,10H,1-2,4-5,7-9H2,(H,17,18,21). The summed E-state index contributed by atoms with van der Waals surface area (Å²) in [7, 11) is 0. The summed E-state index contributed by atoms with van der Waals surface area (Å²) >= 11 is 1.36. The van der Waals surface area contributed by atoms with Gasteiger partial charge in [-0.05, 0) is 0 Å². The second-order valence-electron chi connectivity index (χ2n) is 6.27. The Morgan fingerprint density at radius 3 is 2.91 bits per heavy atom. The number of rotatable bonds is 3. The lowest BCUT2D eigenvalue weighted by Gasteiger charge is -2.38. The molecule has 2 amide bonds. The van der Waals surface area contributed by atoms with E-state index < -0.39 is 5.54 Å². The van der Waals surface area contributed by atoms with Gasteiger partial charge in [-0.1, -0.05) is 0 Å². The van der Waals surface area contributed by atoms with Gasteiger partial charge in [-0.15, -0.1) is 11.3 Å². The number of amides is 2. The number of carbonyl (C=O) groups is 2. The first-order valence-electron chi connectivity index (χ1n) is 7.83. The molecule has 0 aliphatic carbocycles. The average Bonchev–Trinajstić information content (AvgIpc) is 3.13. The number of nitrogens with one attached hydrogen (secondary N) is 1. The van der Waals surface area contributed by atoms with Crippen molar-refractivity contribution in [1.82, 2.24) is 15.2 Å². The molecule has 0 atom stereocenters. The summed E-state index contributed by atoms with van der Waals surface area (Å²) in [5.74, 6) is 1.12. The van der Waals surface area contributed by atoms with E-state index in [1.54, 1.807) is 16.5 Å². The highest BCUT2D eigenvalue weighted by atomic mass is 32.1. The van der Waals surface area contributed by atoms with E-state index in [9.17, 15) is 9.59 Å². The molecule has 3 aliphatic rings. The van der Waals surface area contributed by atoms with Crippen LogP contribution in [0.5, 0.6) is 0 Å². The van der Waals surface area contributed by atoms with Crippen molar-refractivity contribution < 1.29 is 14.3 Å². The average molecular weight is 334 g/mol. The number of likely N-dealkylation sites (tertiary alicyclic amines) is 1. The number of hydrogen-bond donors (Lipinski definition) is 1. The van der Waals surface area contributed by atoms with E-state index in [4.69, 9.17) is 4.74 Å². The number of ether oxygens (including phenoxy) is 1. The summed E-state index contributed by atoms with van der Waals surface area (Å²) in [6.07, 6.45) is 3.67. The molecule has 0 saturated carbocycles. The Hall–Kier alpha value is -1.80. The van der Waals surface area contributed by atoms with Crippen molar-refractivity contribution in [1.29, 1.82) is 0 Å². The summed E-state index contributed by atoms with van der Waals surface area (Å²) < 4.78 is 5.33. The van der Waals surface area contributed by atoms with Crippen molar-refractivity contribution in [3.05, 3.63) is 16.6 Å². The number of amidine groups is 1. The molecular weight excluding hydrogens is 316 g/mol. The van der Waals surface area contributed by atoms with Crippen molar-refractivity contribution in [3.8, 4) is 0 Å². The molecule has 23 heavy (non-hydrogen) atoms. The fourth-order valence-corrected chi connectivity index (χ4v) is 3.93. The maximum atomic E-state index is 12.2. The van der Waals surface area contributed by atoms with Gasteiger partial charge in [-0.3, -0.25) is 14.6 Å². The first kappa shape index (κ1) is 14.8. The van der Waals surface area contributed by atoms with Crippen molar-refractivity contribution in [2.75, 3.05) is 26.3 Å². The van der Waals surface area contributed by atoms with Crippen LogP contribution in [0.4, 0.5) is 0 Å². The minimum Gasteiger partial charge on any atom is -0.381 e. The molecule has 8 heteroatoms. The van der Waals surface area contributed by atoms with Gasteiger partial charge in [0.05, 0.1) is 0 Å². The monoisotopic (exact) mass is 334 g/mol. The SMILES string of the molecule is O=C(c1nccs1)N1CC(CC2=NC3(CCOCC3)C(=O)N2)C1. The molecule has 2 saturated heterocycles. The molecule has 2 fully saturated rings. The van der Waals surface area contributed by atoms with Gasteiger partial charge in [0.1, 0.15) is 11.4 Å². The molecule has 0 aromatic carbocycles. The van der Waals surface area contributed by atoms with Gasteiger partial charge in [0.2, 0.25) is 0 Å². The molecule has 4 heterocycles. The number of hydrogen-bond acceptors (Lipinski definition) is 6. The number of nitrogens with zero attached hydrogens (tertiary/aromatic N) is 3. The van der Waals surface area contributed by atoms with Crippen LogP contribution in [0.25, 0.3) is 0 Å². The number of carbonyl (C=O) groups excluding carboxylic acids is 2. The van der Waals surface area contributed by atoms with Crippen molar-refractivity contribution in [3.63, 3.8) is 0 Å². The maximum absolute atomic E-state index is 12.2. The topological polar surface area (TPSA) is 83.9 Å². The van der Waals surface area contributed by atoms with Crippen molar-refractivity contribution in [2.45, 2.75) is 24.8 Å². The zero-order valence-electron chi connectivity index (χ0n) is 12.7. The van der Waals surface area contributed by atoms with Crippen LogP contribution in [-0.4, -0.2) is 59.4 Å².